The number of hydrogen-bond acceptors (Lipinski definition) is 3. The summed E-state index contributed by atoms with van der Waals surface area (Å²) in [7, 11) is 0. The first-order valence-corrected chi connectivity index (χ1v) is 18.1. The maximum atomic E-state index is 10.5. The van der Waals surface area contributed by atoms with E-state index >= 15 is 0 Å². The molecule has 0 aliphatic heterocycles. The van der Waals surface area contributed by atoms with Crippen LogP contribution in [0.5, 0.6) is 0 Å². The maximum Gasteiger partial charge on any atom is 0.136 e. The first-order chi connectivity index (χ1) is 26.7. The fourth-order valence-corrected chi connectivity index (χ4v) is 8.96. The van der Waals surface area contributed by atoms with Gasteiger partial charge < -0.3 is 18.0 Å². The lowest BCUT2D eigenvalue weighted by Crippen LogP contribution is -1.99. The number of hydrogen-bond donors (Lipinski definition) is 0. The van der Waals surface area contributed by atoms with Crippen molar-refractivity contribution >= 4 is 87.5 Å². The zero-order chi connectivity index (χ0) is 35.5. The van der Waals surface area contributed by atoms with Crippen molar-refractivity contribution in [3.05, 3.63) is 169 Å². The molecule has 0 amide bonds. The summed E-state index contributed by atoms with van der Waals surface area (Å²) in [5.74, 6) is 0. The van der Waals surface area contributed by atoms with Crippen molar-refractivity contribution in [3.63, 3.8) is 0 Å². The number of nitrogens with zero attached hydrogens (tertiary/aromatic N) is 3. The Balaban J connectivity index is 1.14. The van der Waals surface area contributed by atoms with Crippen LogP contribution in [0.3, 0.4) is 0 Å². The monoisotopic (exact) mass is 689 g/mol. The highest BCUT2D eigenvalue weighted by molar-refractivity contribution is 6.28. The molecular formula is C49H27N3O2. The summed E-state index contributed by atoms with van der Waals surface area (Å²) in [6.07, 6.45) is 0. The van der Waals surface area contributed by atoms with E-state index in [-0.39, 0.29) is 0 Å². The normalized spacial score (nSPS) is 12.1. The van der Waals surface area contributed by atoms with Gasteiger partial charge in [0, 0.05) is 54.3 Å². The molecule has 4 heterocycles. The summed E-state index contributed by atoms with van der Waals surface area (Å²) in [6.45, 7) is 0. The smallest absolute Gasteiger partial charge is 0.136 e. The quantitative estimate of drug-likeness (QED) is 0.185. The lowest BCUT2D eigenvalue weighted by atomic mass is 10.00. The number of fused-ring (bicyclic) bond motifs is 14. The SMILES string of the molecule is N#Cc1cc(-c2ccccc2-n2c3ccccc3c3c4c(ccc32)oc2ccccc24)cc(-n2c3ccccc3c3c4c(ccc32)oc2ccccc24)c1. The van der Waals surface area contributed by atoms with Gasteiger partial charge >= 0.3 is 0 Å². The van der Waals surface area contributed by atoms with Gasteiger partial charge in [0.2, 0.25) is 0 Å². The molecule has 0 saturated carbocycles. The van der Waals surface area contributed by atoms with E-state index in [2.05, 4.69) is 143 Å². The van der Waals surface area contributed by atoms with Gasteiger partial charge in [-0.25, -0.2) is 0 Å². The molecule has 4 aromatic heterocycles. The largest absolute Gasteiger partial charge is 0.456 e. The third-order valence-electron chi connectivity index (χ3n) is 11.1. The Labute approximate surface area is 307 Å². The molecule has 0 bridgehead atoms. The second-order valence-electron chi connectivity index (χ2n) is 14.0. The number of nitriles is 1. The van der Waals surface area contributed by atoms with Gasteiger partial charge in [-0.3, -0.25) is 0 Å². The molecule has 5 nitrogen and oxygen atoms in total. The highest BCUT2D eigenvalue weighted by Crippen LogP contribution is 2.44. The minimum Gasteiger partial charge on any atom is -0.456 e. The van der Waals surface area contributed by atoms with E-state index in [1.807, 2.05) is 36.4 Å². The second kappa shape index (κ2) is 10.7. The summed E-state index contributed by atoms with van der Waals surface area (Å²) < 4.78 is 17.3. The Bertz CT molecular complexity index is 3590. The lowest BCUT2D eigenvalue weighted by Gasteiger charge is -2.16. The standard InChI is InChI=1S/C49H27N3O2/c50-28-29-25-30(27-31(26-29)51-38-17-7-2-12-33(38)46-40(51)21-23-44-48(46)35-14-4-9-19-42(35)53-44)32-11-1-6-16-37(32)52-39-18-8-3-13-34(39)47-41(52)22-24-45-49(47)36-15-5-10-20-43(36)54-45/h1-27H. The average Bonchev–Trinajstić information content (AvgIpc) is 3.98. The van der Waals surface area contributed by atoms with E-state index in [1.165, 1.54) is 0 Å². The highest BCUT2D eigenvalue weighted by atomic mass is 16.3. The van der Waals surface area contributed by atoms with Crippen molar-refractivity contribution in [2.75, 3.05) is 0 Å². The molecule has 0 aliphatic rings. The zero-order valence-corrected chi connectivity index (χ0v) is 28.7. The molecule has 12 aromatic rings. The molecular weight excluding hydrogens is 663 g/mol. The topological polar surface area (TPSA) is 59.9 Å². The summed E-state index contributed by atoms with van der Waals surface area (Å²) in [5.41, 5.74) is 12.3. The Kier molecular flexibility index (Phi) is 5.78. The molecule has 0 fully saturated rings. The molecule has 0 radical (unpaired) electrons. The molecule has 0 atom stereocenters. The van der Waals surface area contributed by atoms with Crippen molar-refractivity contribution < 1.29 is 8.83 Å². The predicted octanol–water partition coefficient (Wildman–Crippen LogP) is 13.2. The van der Waals surface area contributed by atoms with Crippen molar-refractivity contribution in [3.8, 4) is 28.6 Å². The van der Waals surface area contributed by atoms with Crippen LogP contribution in [-0.4, -0.2) is 9.13 Å². The number of para-hydroxylation sites is 5. The Morgan fingerprint density at radius 3 is 1.56 bits per heavy atom. The summed E-state index contributed by atoms with van der Waals surface area (Å²) in [4.78, 5) is 0. The average molecular weight is 690 g/mol. The van der Waals surface area contributed by atoms with E-state index in [4.69, 9.17) is 8.83 Å². The molecule has 0 saturated heterocycles. The van der Waals surface area contributed by atoms with Crippen LogP contribution < -0.4 is 0 Å². The number of aromatic nitrogens is 2. The molecule has 54 heavy (non-hydrogen) atoms. The van der Waals surface area contributed by atoms with Crippen LogP contribution in [0.4, 0.5) is 0 Å². The van der Waals surface area contributed by atoms with Gasteiger partial charge in [-0.1, -0.05) is 91.0 Å². The number of benzene rings is 8. The summed E-state index contributed by atoms with van der Waals surface area (Å²) in [5, 5.41) is 19.5. The second-order valence-corrected chi connectivity index (χ2v) is 14.0. The zero-order valence-electron chi connectivity index (χ0n) is 28.7. The number of rotatable bonds is 3. The van der Waals surface area contributed by atoms with Crippen molar-refractivity contribution in [2.45, 2.75) is 0 Å². The van der Waals surface area contributed by atoms with Gasteiger partial charge in [-0.2, -0.15) is 5.26 Å². The van der Waals surface area contributed by atoms with Gasteiger partial charge in [0.05, 0.1) is 39.4 Å². The van der Waals surface area contributed by atoms with Crippen LogP contribution in [-0.2, 0) is 0 Å². The minimum atomic E-state index is 0.590. The molecule has 0 unspecified atom stereocenters. The van der Waals surface area contributed by atoms with Crippen LogP contribution in [0.15, 0.2) is 173 Å². The first kappa shape index (κ1) is 29.1. The van der Waals surface area contributed by atoms with Crippen LogP contribution in [0.1, 0.15) is 5.56 Å². The molecule has 0 spiro atoms. The number of furan rings is 2. The molecule has 8 aromatic carbocycles. The van der Waals surface area contributed by atoms with Crippen LogP contribution in [0.2, 0.25) is 0 Å². The summed E-state index contributed by atoms with van der Waals surface area (Å²) >= 11 is 0. The van der Waals surface area contributed by atoms with E-state index in [9.17, 15) is 5.26 Å². The minimum absolute atomic E-state index is 0.590. The van der Waals surface area contributed by atoms with Crippen LogP contribution in [0, 0.1) is 11.3 Å². The van der Waals surface area contributed by atoms with Crippen molar-refractivity contribution in [2.24, 2.45) is 0 Å². The third-order valence-corrected chi connectivity index (χ3v) is 11.1. The van der Waals surface area contributed by atoms with Gasteiger partial charge in [-0.05, 0) is 78.4 Å². The van der Waals surface area contributed by atoms with Crippen molar-refractivity contribution in [1.82, 2.24) is 9.13 Å². The molecule has 12 rings (SSSR count). The predicted molar refractivity (Wildman–Crippen MR) is 220 cm³/mol. The lowest BCUT2D eigenvalue weighted by molar-refractivity contribution is 0.669. The van der Waals surface area contributed by atoms with Gasteiger partial charge in [0.1, 0.15) is 22.3 Å². The molecule has 0 aliphatic carbocycles. The fourth-order valence-electron chi connectivity index (χ4n) is 8.96. The van der Waals surface area contributed by atoms with Crippen LogP contribution >= 0.6 is 0 Å². The fraction of sp³-hybridized carbons (Fsp3) is 0. The Hall–Kier alpha value is -7.55. The summed E-state index contributed by atoms with van der Waals surface area (Å²) in [6, 6.07) is 59.3. The molecule has 0 N–H and O–H groups in total. The third kappa shape index (κ3) is 3.86. The Morgan fingerprint density at radius 1 is 0.407 bits per heavy atom. The first-order valence-electron chi connectivity index (χ1n) is 18.1. The van der Waals surface area contributed by atoms with Crippen molar-refractivity contribution in [1.29, 1.82) is 5.26 Å². The van der Waals surface area contributed by atoms with Crippen LogP contribution in [0.25, 0.3) is 110 Å². The molecule has 5 heteroatoms. The molecule has 250 valence electrons. The highest BCUT2D eigenvalue weighted by Gasteiger charge is 2.22. The van der Waals surface area contributed by atoms with E-state index in [1.54, 1.807) is 0 Å². The van der Waals surface area contributed by atoms with Gasteiger partial charge in [0.25, 0.3) is 0 Å². The van der Waals surface area contributed by atoms with Gasteiger partial charge in [-0.15, -0.1) is 0 Å². The van der Waals surface area contributed by atoms with E-state index < -0.39 is 0 Å². The Morgan fingerprint density at radius 2 is 0.926 bits per heavy atom. The van der Waals surface area contributed by atoms with E-state index in [0.717, 1.165) is 110 Å². The van der Waals surface area contributed by atoms with E-state index in [0.29, 0.717) is 5.56 Å². The maximum absolute atomic E-state index is 10.5. The van der Waals surface area contributed by atoms with Gasteiger partial charge in [0.15, 0.2) is 0 Å².